The van der Waals surface area contributed by atoms with Crippen LogP contribution in [0.5, 0.6) is 0 Å². The second-order valence-corrected chi connectivity index (χ2v) is 5.05. The monoisotopic (exact) mass is 267 g/mol. The largest absolute Gasteiger partial charge is 0.467 e. The zero-order chi connectivity index (χ0) is 14.3. The lowest BCUT2D eigenvalue weighted by molar-refractivity contribution is -0.123. The number of furan rings is 1. The Morgan fingerprint density at radius 3 is 2.74 bits per heavy atom. The van der Waals surface area contributed by atoms with Crippen LogP contribution in [0.1, 0.15) is 26.5 Å². The van der Waals surface area contributed by atoms with Gasteiger partial charge >= 0.3 is 0 Å². The fraction of sp³-hybridized carbons (Fsp3) is 0.643. The minimum Gasteiger partial charge on any atom is -0.467 e. The highest BCUT2D eigenvalue weighted by atomic mass is 16.3. The molecule has 0 spiro atoms. The molecule has 0 aliphatic carbocycles. The second kappa shape index (κ2) is 7.96. The SMILES string of the molecule is CC(NCCN(C)C(C)C)C(=O)NCc1ccco1. The molecule has 0 radical (unpaired) electrons. The first-order chi connectivity index (χ1) is 9.00. The minimum atomic E-state index is -0.199. The highest BCUT2D eigenvalue weighted by Crippen LogP contribution is 1.98. The molecule has 0 saturated carbocycles. The van der Waals surface area contributed by atoms with E-state index in [1.807, 2.05) is 19.1 Å². The topological polar surface area (TPSA) is 57.5 Å². The Kier molecular flexibility index (Phi) is 6.59. The molecule has 0 fully saturated rings. The summed E-state index contributed by atoms with van der Waals surface area (Å²) in [6.07, 6.45) is 1.60. The summed E-state index contributed by atoms with van der Waals surface area (Å²) in [5, 5.41) is 6.05. The molecule has 2 N–H and O–H groups in total. The minimum absolute atomic E-state index is 0.0106. The van der Waals surface area contributed by atoms with Crippen LogP contribution in [0.3, 0.4) is 0 Å². The first kappa shape index (κ1) is 15.7. The Morgan fingerprint density at radius 1 is 1.42 bits per heavy atom. The molecular weight excluding hydrogens is 242 g/mol. The molecule has 1 heterocycles. The summed E-state index contributed by atoms with van der Waals surface area (Å²) in [5.41, 5.74) is 0. The van der Waals surface area contributed by atoms with Crippen LogP contribution in [0.15, 0.2) is 22.8 Å². The predicted molar refractivity (Wildman–Crippen MR) is 75.8 cm³/mol. The maximum absolute atomic E-state index is 11.8. The van der Waals surface area contributed by atoms with Crippen molar-refractivity contribution in [2.24, 2.45) is 0 Å². The third-order valence-electron chi connectivity index (χ3n) is 3.21. The number of hydrogen-bond acceptors (Lipinski definition) is 4. The van der Waals surface area contributed by atoms with Crippen LogP contribution in [0.2, 0.25) is 0 Å². The normalized spacial score (nSPS) is 12.9. The molecule has 1 rings (SSSR count). The highest BCUT2D eigenvalue weighted by molar-refractivity contribution is 5.81. The van der Waals surface area contributed by atoms with Crippen LogP contribution >= 0.6 is 0 Å². The van der Waals surface area contributed by atoms with Crippen LogP contribution in [0.4, 0.5) is 0 Å². The van der Waals surface area contributed by atoms with Crippen molar-refractivity contribution in [3.8, 4) is 0 Å². The van der Waals surface area contributed by atoms with Gasteiger partial charge in [0.1, 0.15) is 5.76 Å². The van der Waals surface area contributed by atoms with Gasteiger partial charge in [0.05, 0.1) is 18.8 Å². The molecule has 1 aromatic heterocycles. The fourth-order valence-corrected chi connectivity index (χ4v) is 1.55. The Hall–Kier alpha value is -1.33. The van der Waals surface area contributed by atoms with E-state index in [1.165, 1.54) is 0 Å². The molecular formula is C14H25N3O2. The molecule has 1 aromatic rings. The van der Waals surface area contributed by atoms with E-state index in [0.29, 0.717) is 12.6 Å². The summed E-state index contributed by atoms with van der Waals surface area (Å²) in [7, 11) is 2.08. The van der Waals surface area contributed by atoms with Gasteiger partial charge in [-0.05, 0) is 40.0 Å². The number of amides is 1. The van der Waals surface area contributed by atoms with Crippen molar-refractivity contribution in [3.05, 3.63) is 24.2 Å². The van der Waals surface area contributed by atoms with E-state index in [4.69, 9.17) is 4.42 Å². The number of likely N-dealkylation sites (N-methyl/N-ethyl adjacent to an activating group) is 1. The summed E-state index contributed by atoms with van der Waals surface area (Å²) >= 11 is 0. The molecule has 0 bridgehead atoms. The van der Waals surface area contributed by atoms with E-state index in [-0.39, 0.29) is 11.9 Å². The smallest absolute Gasteiger partial charge is 0.237 e. The van der Waals surface area contributed by atoms with Crippen LogP contribution < -0.4 is 10.6 Å². The van der Waals surface area contributed by atoms with Gasteiger partial charge in [0, 0.05) is 19.1 Å². The second-order valence-electron chi connectivity index (χ2n) is 5.05. The Balaban J connectivity index is 2.18. The first-order valence-electron chi connectivity index (χ1n) is 6.74. The van der Waals surface area contributed by atoms with Gasteiger partial charge in [0.2, 0.25) is 5.91 Å². The molecule has 0 saturated heterocycles. The lowest BCUT2D eigenvalue weighted by Crippen LogP contribution is -2.44. The van der Waals surface area contributed by atoms with Crippen LogP contribution in [0.25, 0.3) is 0 Å². The number of carbonyl (C=O) groups excluding carboxylic acids is 1. The van der Waals surface area contributed by atoms with E-state index in [0.717, 1.165) is 18.8 Å². The standard InChI is InChI=1S/C14H25N3O2/c1-11(2)17(4)8-7-15-12(3)14(18)16-10-13-6-5-9-19-13/h5-6,9,11-12,15H,7-8,10H2,1-4H3,(H,16,18). The van der Waals surface area contributed by atoms with Gasteiger partial charge in [-0.3, -0.25) is 4.79 Å². The molecule has 0 aliphatic rings. The van der Waals surface area contributed by atoms with E-state index in [9.17, 15) is 4.79 Å². The summed E-state index contributed by atoms with van der Waals surface area (Å²) < 4.78 is 5.16. The van der Waals surface area contributed by atoms with Gasteiger partial charge in [-0.25, -0.2) is 0 Å². The van der Waals surface area contributed by atoms with E-state index in [2.05, 4.69) is 36.4 Å². The maximum Gasteiger partial charge on any atom is 0.237 e. The highest BCUT2D eigenvalue weighted by Gasteiger charge is 2.12. The molecule has 1 amide bonds. The maximum atomic E-state index is 11.8. The number of nitrogens with zero attached hydrogens (tertiary/aromatic N) is 1. The third kappa shape index (κ3) is 5.89. The van der Waals surface area contributed by atoms with Gasteiger partial charge in [-0.2, -0.15) is 0 Å². The molecule has 1 atom stereocenters. The van der Waals surface area contributed by atoms with E-state index < -0.39 is 0 Å². The Bertz CT molecular complexity index is 363. The van der Waals surface area contributed by atoms with Crippen LogP contribution in [-0.4, -0.2) is 43.0 Å². The quantitative estimate of drug-likeness (QED) is 0.743. The zero-order valence-electron chi connectivity index (χ0n) is 12.3. The Morgan fingerprint density at radius 2 is 2.16 bits per heavy atom. The van der Waals surface area contributed by atoms with Crippen molar-refractivity contribution < 1.29 is 9.21 Å². The zero-order valence-corrected chi connectivity index (χ0v) is 12.3. The molecule has 0 aliphatic heterocycles. The predicted octanol–water partition coefficient (Wildman–Crippen LogP) is 1.21. The number of carbonyl (C=O) groups is 1. The summed E-state index contributed by atoms with van der Waals surface area (Å²) in [6, 6.07) is 3.97. The number of rotatable bonds is 8. The summed E-state index contributed by atoms with van der Waals surface area (Å²) in [4.78, 5) is 14.1. The van der Waals surface area contributed by atoms with E-state index in [1.54, 1.807) is 6.26 Å². The van der Waals surface area contributed by atoms with Crippen LogP contribution in [0, 0.1) is 0 Å². The molecule has 19 heavy (non-hydrogen) atoms. The lowest BCUT2D eigenvalue weighted by atomic mass is 10.3. The fourth-order valence-electron chi connectivity index (χ4n) is 1.55. The number of hydrogen-bond donors (Lipinski definition) is 2. The van der Waals surface area contributed by atoms with Gasteiger partial charge in [0.15, 0.2) is 0 Å². The van der Waals surface area contributed by atoms with Gasteiger partial charge < -0.3 is 20.0 Å². The average Bonchev–Trinajstić information content (AvgIpc) is 2.88. The van der Waals surface area contributed by atoms with Crippen molar-refractivity contribution in [2.45, 2.75) is 39.4 Å². The van der Waals surface area contributed by atoms with Gasteiger partial charge in [0.25, 0.3) is 0 Å². The number of nitrogens with one attached hydrogen (secondary N) is 2. The average molecular weight is 267 g/mol. The molecule has 0 aromatic carbocycles. The lowest BCUT2D eigenvalue weighted by Gasteiger charge is -2.22. The van der Waals surface area contributed by atoms with E-state index >= 15 is 0 Å². The van der Waals surface area contributed by atoms with Crippen molar-refractivity contribution in [2.75, 3.05) is 20.1 Å². The van der Waals surface area contributed by atoms with Crippen molar-refractivity contribution in [1.82, 2.24) is 15.5 Å². The molecule has 108 valence electrons. The van der Waals surface area contributed by atoms with Crippen molar-refractivity contribution >= 4 is 5.91 Å². The molecule has 5 nitrogen and oxygen atoms in total. The van der Waals surface area contributed by atoms with Gasteiger partial charge in [-0.1, -0.05) is 0 Å². The Labute approximate surface area is 115 Å². The third-order valence-corrected chi connectivity index (χ3v) is 3.21. The van der Waals surface area contributed by atoms with Gasteiger partial charge in [-0.15, -0.1) is 0 Å². The van der Waals surface area contributed by atoms with Crippen LogP contribution in [-0.2, 0) is 11.3 Å². The van der Waals surface area contributed by atoms with Crippen molar-refractivity contribution in [1.29, 1.82) is 0 Å². The van der Waals surface area contributed by atoms with Crippen molar-refractivity contribution in [3.63, 3.8) is 0 Å². The first-order valence-corrected chi connectivity index (χ1v) is 6.74. The summed E-state index contributed by atoms with van der Waals surface area (Å²) in [6.45, 7) is 8.33. The molecule has 5 heteroatoms. The summed E-state index contributed by atoms with van der Waals surface area (Å²) in [5.74, 6) is 0.753. The molecule has 1 unspecified atom stereocenters.